The van der Waals surface area contributed by atoms with Crippen molar-refractivity contribution in [2.24, 2.45) is 10.7 Å². The molecular formula is C7H9N5O. The molecule has 6 nitrogen and oxygen atoms in total. The van der Waals surface area contributed by atoms with Gasteiger partial charge in [-0.2, -0.15) is 5.10 Å². The number of carbonyl (C=O) groups excluding carboxylic acids is 1. The number of amides is 2. The Bertz CT molecular complexity index is 340. The number of urea groups is 1. The predicted octanol–water partition coefficient (Wildman–Crippen LogP) is 0.463. The molecule has 0 atom stereocenters. The highest BCUT2D eigenvalue weighted by Crippen LogP contribution is 2.07. The molecule has 0 aliphatic rings. The first-order valence-electron chi connectivity index (χ1n) is 3.48. The minimum absolute atomic E-state index is 0.611. The average Bonchev–Trinajstić information content (AvgIpc) is 2.49. The van der Waals surface area contributed by atoms with Gasteiger partial charge >= 0.3 is 6.03 Å². The highest BCUT2D eigenvalue weighted by Gasteiger charge is 1.99. The minimum Gasteiger partial charge on any atom is -0.350 e. The number of hydrogen-bond acceptors (Lipinski definition) is 3. The van der Waals surface area contributed by atoms with Crippen LogP contribution in [-0.4, -0.2) is 22.4 Å². The summed E-state index contributed by atoms with van der Waals surface area (Å²) in [7, 11) is 0. The summed E-state index contributed by atoms with van der Waals surface area (Å²) < 4.78 is 0. The van der Waals surface area contributed by atoms with Gasteiger partial charge in [-0.1, -0.05) is 6.58 Å². The predicted molar refractivity (Wildman–Crippen MR) is 49.6 cm³/mol. The highest BCUT2D eigenvalue weighted by molar-refractivity contribution is 5.93. The van der Waals surface area contributed by atoms with Gasteiger partial charge in [-0.3, -0.25) is 5.10 Å². The van der Waals surface area contributed by atoms with E-state index >= 15 is 0 Å². The van der Waals surface area contributed by atoms with Crippen LogP contribution in [0.5, 0.6) is 0 Å². The third-order valence-corrected chi connectivity index (χ3v) is 1.25. The number of carbonyl (C=O) groups is 1. The number of nitrogens with two attached hydrogens (primary N) is 1. The van der Waals surface area contributed by atoms with E-state index in [9.17, 15) is 4.79 Å². The summed E-state index contributed by atoms with van der Waals surface area (Å²) >= 11 is 0. The summed E-state index contributed by atoms with van der Waals surface area (Å²) in [5, 5.41) is 9.18. The molecule has 0 spiro atoms. The smallest absolute Gasteiger partial charge is 0.338 e. The van der Waals surface area contributed by atoms with Crippen LogP contribution in [-0.2, 0) is 0 Å². The Kier molecular flexibility index (Phi) is 2.80. The maximum atomic E-state index is 10.3. The lowest BCUT2D eigenvalue weighted by Gasteiger charge is -1.94. The van der Waals surface area contributed by atoms with E-state index in [-0.39, 0.29) is 0 Å². The fourth-order valence-electron chi connectivity index (χ4n) is 0.744. The van der Waals surface area contributed by atoms with Gasteiger partial charge in [0.25, 0.3) is 0 Å². The number of nitrogens with zero attached hydrogens (tertiary/aromatic N) is 2. The Balaban J connectivity index is 2.81. The molecule has 0 unspecified atom stereocenters. The van der Waals surface area contributed by atoms with E-state index in [0.29, 0.717) is 11.4 Å². The molecule has 0 aromatic carbocycles. The number of rotatable bonds is 3. The summed E-state index contributed by atoms with van der Waals surface area (Å²) in [6, 6.07) is -0.745. The van der Waals surface area contributed by atoms with Crippen molar-refractivity contribution in [2.45, 2.75) is 0 Å². The first kappa shape index (κ1) is 8.98. The topological polar surface area (TPSA) is 96.2 Å². The Labute approximate surface area is 74.5 Å². The molecular weight excluding hydrogens is 170 g/mol. The van der Waals surface area contributed by atoms with Crippen LogP contribution in [0.1, 0.15) is 5.56 Å². The van der Waals surface area contributed by atoms with Gasteiger partial charge in [-0.05, 0) is 6.20 Å². The van der Waals surface area contributed by atoms with E-state index in [0.717, 1.165) is 0 Å². The van der Waals surface area contributed by atoms with Crippen molar-refractivity contribution < 1.29 is 4.79 Å². The largest absolute Gasteiger partial charge is 0.350 e. The normalized spacial score (nSPS) is 10.2. The number of aromatic amines is 1. The van der Waals surface area contributed by atoms with Crippen LogP contribution in [0.15, 0.2) is 24.0 Å². The van der Waals surface area contributed by atoms with Gasteiger partial charge in [0.05, 0.1) is 11.8 Å². The van der Waals surface area contributed by atoms with Gasteiger partial charge in [-0.15, -0.1) is 0 Å². The zero-order valence-electron chi connectivity index (χ0n) is 6.82. The molecule has 1 heterocycles. The zero-order chi connectivity index (χ0) is 9.68. The Hall–Kier alpha value is -2.11. The summed E-state index contributed by atoms with van der Waals surface area (Å²) in [6.45, 7) is 3.48. The molecule has 1 aromatic rings. The Morgan fingerprint density at radius 1 is 1.85 bits per heavy atom. The molecule has 2 amide bonds. The molecule has 13 heavy (non-hydrogen) atoms. The van der Waals surface area contributed by atoms with Gasteiger partial charge in [0.15, 0.2) is 0 Å². The quantitative estimate of drug-likeness (QED) is 0.588. The van der Waals surface area contributed by atoms with E-state index in [1.807, 2.05) is 0 Å². The van der Waals surface area contributed by atoms with Crippen molar-refractivity contribution in [3.8, 4) is 0 Å². The lowest BCUT2D eigenvalue weighted by molar-refractivity contribution is 0.257. The number of primary amides is 1. The lowest BCUT2D eigenvalue weighted by atomic mass is 10.3. The molecule has 6 heteroatoms. The summed E-state index contributed by atoms with van der Waals surface area (Å²) in [4.78, 5) is 13.7. The standard InChI is InChI=1S/C7H9N5O/c1-2-9-6-5(4-11-12-6)3-10-7(8)13/h2-4H,1H2,(H2,8,13)(H2,9,11,12). The average molecular weight is 179 g/mol. The van der Waals surface area contributed by atoms with Crippen LogP contribution in [0, 0.1) is 0 Å². The van der Waals surface area contributed by atoms with Crippen molar-refractivity contribution in [1.29, 1.82) is 0 Å². The lowest BCUT2D eigenvalue weighted by Crippen LogP contribution is -2.04. The Morgan fingerprint density at radius 3 is 3.23 bits per heavy atom. The Morgan fingerprint density at radius 2 is 2.62 bits per heavy atom. The van der Waals surface area contributed by atoms with Crippen LogP contribution in [0.25, 0.3) is 0 Å². The van der Waals surface area contributed by atoms with Crippen molar-refractivity contribution in [3.05, 3.63) is 24.5 Å². The van der Waals surface area contributed by atoms with Crippen LogP contribution >= 0.6 is 0 Å². The highest BCUT2D eigenvalue weighted by atomic mass is 16.2. The van der Waals surface area contributed by atoms with Crippen molar-refractivity contribution in [1.82, 2.24) is 10.2 Å². The van der Waals surface area contributed by atoms with Crippen molar-refractivity contribution >= 4 is 18.1 Å². The number of nitrogens with one attached hydrogen (secondary N) is 2. The van der Waals surface area contributed by atoms with Gasteiger partial charge < -0.3 is 11.1 Å². The van der Waals surface area contributed by atoms with E-state index in [1.54, 1.807) is 0 Å². The third kappa shape index (κ3) is 2.44. The molecule has 1 rings (SSSR count). The second-order valence-corrected chi connectivity index (χ2v) is 2.15. The molecule has 0 fully saturated rings. The molecule has 68 valence electrons. The summed E-state index contributed by atoms with van der Waals surface area (Å²) in [6.07, 6.45) is 4.31. The zero-order valence-corrected chi connectivity index (χ0v) is 6.82. The fraction of sp³-hybridized carbons (Fsp3) is 0. The van der Waals surface area contributed by atoms with E-state index in [2.05, 4.69) is 27.1 Å². The number of H-pyrrole nitrogens is 1. The third-order valence-electron chi connectivity index (χ3n) is 1.25. The molecule has 0 radical (unpaired) electrons. The second-order valence-electron chi connectivity index (χ2n) is 2.15. The fourth-order valence-corrected chi connectivity index (χ4v) is 0.744. The van der Waals surface area contributed by atoms with Crippen molar-refractivity contribution in [3.63, 3.8) is 0 Å². The maximum absolute atomic E-state index is 10.3. The minimum atomic E-state index is -0.745. The van der Waals surface area contributed by atoms with E-state index in [1.165, 1.54) is 18.6 Å². The maximum Gasteiger partial charge on any atom is 0.338 e. The molecule has 0 bridgehead atoms. The van der Waals surface area contributed by atoms with Gasteiger partial charge in [0.2, 0.25) is 0 Å². The number of hydrogen-bond donors (Lipinski definition) is 3. The SMILES string of the molecule is C=CNc1[nH]ncc1C=NC(N)=O. The number of aromatic nitrogens is 2. The second kappa shape index (κ2) is 4.05. The van der Waals surface area contributed by atoms with Crippen molar-refractivity contribution in [2.75, 3.05) is 5.32 Å². The van der Waals surface area contributed by atoms with Gasteiger partial charge in [0.1, 0.15) is 5.82 Å². The van der Waals surface area contributed by atoms with Gasteiger partial charge in [0, 0.05) is 6.21 Å². The summed E-state index contributed by atoms with van der Waals surface area (Å²) in [5.41, 5.74) is 5.46. The van der Waals surface area contributed by atoms with Crippen LogP contribution in [0.3, 0.4) is 0 Å². The van der Waals surface area contributed by atoms with Crippen LogP contribution < -0.4 is 11.1 Å². The molecule has 0 aliphatic heterocycles. The molecule has 0 saturated heterocycles. The van der Waals surface area contributed by atoms with Crippen LogP contribution in [0.4, 0.5) is 10.6 Å². The molecule has 1 aromatic heterocycles. The van der Waals surface area contributed by atoms with E-state index < -0.39 is 6.03 Å². The summed E-state index contributed by atoms with van der Waals surface area (Å²) in [5.74, 6) is 0.611. The first-order chi connectivity index (χ1) is 6.24. The monoisotopic (exact) mass is 179 g/mol. The van der Waals surface area contributed by atoms with Crippen LogP contribution in [0.2, 0.25) is 0 Å². The molecule has 4 N–H and O–H groups in total. The molecule has 0 saturated carbocycles. The number of aliphatic imine (C=N–C) groups is 1. The molecule has 0 aliphatic carbocycles. The van der Waals surface area contributed by atoms with Gasteiger partial charge in [-0.25, -0.2) is 9.79 Å². The first-order valence-corrected chi connectivity index (χ1v) is 3.48. The number of anilines is 1. The van der Waals surface area contributed by atoms with E-state index in [4.69, 9.17) is 5.73 Å².